The molecule has 1 unspecified atom stereocenters. The summed E-state index contributed by atoms with van der Waals surface area (Å²) in [6.45, 7) is 2.21. The van der Waals surface area contributed by atoms with Crippen molar-refractivity contribution in [3.63, 3.8) is 0 Å². The van der Waals surface area contributed by atoms with Crippen molar-refractivity contribution in [2.24, 2.45) is 0 Å². The Kier molecular flexibility index (Phi) is 8.31. The van der Waals surface area contributed by atoms with Crippen LogP contribution in [0.3, 0.4) is 0 Å². The summed E-state index contributed by atoms with van der Waals surface area (Å²) < 4.78 is 14.3. The maximum Gasteiger partial charge on any atom is 0.130 e. The lowest BCUT2D eigenvalue weighted by Gasteiger charge is -2.13. The van der Waals surface area contributed by atoms with Gasteiger partial charge in [-0.15, -0.1) is 0 Å². The number of hydrogen-bond donors (Lipinski definition) is 1. The highest BCUT2D eigenvalue weighted by Gasteiger charge is 2.15. The van der Waals surface area contributed by atoms with Crippen LogP contribution in [0.25, 0.3) is 0 Å². The van der Waals surface area contributed by atoms with Crippen molar-refractivity contribution in [2.75, 3.05) is 0 Å². The van der Waals surface area contributed by atoms with Gasteiger partial charge in [0.2, 0.25) is 0 Å². The summed E-state index contributed by atoms with van der Waals surface area (Å²) in [4.78, 5) is 0. The Hall–Kier alpha value is -0.410. The van der Waals surface area contributed by atoms with E-state index in [-0.39, 0.29) is 5.82 Å². The second-order valence-corrected chi connectivity index (χ2v) is 5.92. The SMILES string of the molecule is CCCCCCCCCC(O)c1c(F)cccc1Br. The van der Waals surface area contributed by atoms with Crippen LogP contribution in [0.4, 0.5) is 4.39 Å². The fourth-order valence-electron chi connectivity index (χ4n) is 2.27. The van der Waals surface area contributed by atoms with Crippen LogP contribution in [-0.2, 0) is 0 Å². The first-order valence-electron chi connectivity index (χ1n) is 7.28. The molecule has 1 atom stereocenters. The van der Waals surface area contributed by atoms with E-state index in [4.69, 9.17) is 0 Å². The summed E-state index contributed by atoms with van der Waals surface area (Å²) in [5.74, 6) is -0.329. The molecule has 0 saturated carbocycles. The average Bonchev–Trinajstić information content (AvgIpc) is 2.37. The lowest BCUT2D eigenvalue weighted by Crippen LogP contribution is -2.02. The average molecular weight is 331 g/mol. The predicted molar refractivity (Wildman–Crippen MR) is 81.7 cm³/mol. The van der Waals surface area contributed by atoms with Gasteiger partial charge in [-0.05, 0) is 18.6 Å². The highest BCUT2D eigenvalue weighted by molar-refractivity contribution is 9.10. The molecule has 0 aliphatic heterocycles. The molecule has 0 radical (unpaired) electrons. The summed E-state index contributed by atoms with van der Waals surface area (Å²) in [6, 6.07) is 4.81. The minimum atomic E-state index is -0.703. The fraction of sp³-hybridized carbons (Fsp3) is 0.625. The molecular weight excluding hydrogens is 307 g/mol. The van der Waals surface area contributed by atoms with Crippen molar-refractivity contribution in [1.82, 2.24) is 0 Å². The summed E-state index contributed by atoms with van der Waals surface area (Å²) in [5.41, 5.74) is 0.397. The number of halogens is 2. The van der Waals surface area contributed by atoms with Crippen molar-refractivity contribution >= 4 is 15.9 Å². The Morgan fingerprint density at radius 3 is 2.37 bits per heavy atom. The van der Waals surface area contributed by atoms with Gasteiger partial charge in [0.25, 0.3) is 0 Å². The van der Waals surface area contributed by atoms with Crippen molar-refractivity contribution < 1.29 is 9.50 Å². The molecular formula is C16H24BrFO. The van der Waals surface area contributed by atoms with Gasteiger partial charge < -0.3 is 5.11 Å². The molecule has 0 heterocycles. The Labute approximate surface area is 124 Å². The zero-order chi connectivity index (χ0) is 14.1. The molecule has 1 N–H and O–H groups in total. The quantitative estimate of drug-likeness (QED) is 0.570. The molecule has 108 valence electrons. The van der Waals surface area contributed by atoms with Crippen LogP contribution in [0.15, 0.2) is 22.7 Å². The van der Waals surface area contributed by atoms with E-state index in [1.165, 1.54) is 38.2 Å². The van der Waals surface area contributed by atoms with Crippen molar-refractivity contribution in [2.45, 2.75) is 64.4 Å². The van der Waals surface area contributed by atoms with E-state index in [9.17, 15) is 9.50 Å². The van der Waals surface area contributed by atoms with E-state index in [0.29, 0.717) is 16.5 Å². The third-order valence-electron chi connectivity index (χ3n) is 3.41. The minimum absolute atomic E-state index is 0.329. The van der Waals surface area contributed by atoms with E-state index in [0.717, 1.165) is 12.8 Å². The van der Waals surface area contributed by atoms with Gasteiger partial charge in [0.1, 0.15) is 5.82 Å². The number of benzene rings is 1. The van der Waals surface area contributed by atoms with Gasteiger partial charge in [-0.3, -0.25) is 0 Å². The zero-order valence-corrected chi connectivity index (χ0v) is 13.3. The smallest absolute Gasteiger partial charge is 0.130 e. The molecule has 0 spiro atoms. The predicted octanol–water partition coefficient (Wildman–Crippen LogP) is 5.76. The van der Waals surface area contributed by atoms with Crippen molar-refractivity contribution in [3.8, 4) is 0 Å². The molecule has 0 fully saturated rings. The maximum atomic E-state index is 13.6. The zero-order valence-electron chi connectivity index (χ0n) is 11.7. The Bertz CT molecular complexity index is 348. The van der Waals surface area contributed by atoms with Crippen molar-refractivity contribution in [1.29, 1.82) is 0 Å². The molecule has 0 aromatic heterocycles. The summed E-state index contributed by atoms with van der Waals surface area (Å²) >= 11 is 3.30. The highest BCUT2D eigenvalue weighted by Crippen LogP contribution is 2.29. The lowest BCUT2D eigenvalue weighted by molar-refractivity contribution is 0.158. The molecule has 19 heavy (non-hydrogen) atoms. The first-order valence-corrected chi connectivity index (χ1v) is 8.08. The van der Waals surface area contributed by atoms with Crippen LogP contribution in [0.5, 0.6) is 0 Å². The third-order valence-corrected chi connectivity index (χ3v) is 4.11. The standard InChI is InChI=1S/C16H24BrFO/c1-2-3-4-5-6-7-8-12-15(19)16-13(17)10-9-11-14(16)18/h9-11,15,19H,2-8,12H2,1H3. The molecule has 0 aliphatic rings. The van der Waals surface area contributed by atoms with E-state index in [1.54, 1.807) is 12.1 Å². The summed E-state index contributed by atoms with van der Waals surface area (Å²) in [5, 5.41) is 10.1. The molecule has 1 nitrogen and oxygen atoms in total. The van der Waals surface area contributed by atoms with E-state index in [1.807, 2.05) is 0 Å². The van der Waals surface area contributed by atoms with Crippen LogP contribution in [0, 0.1) is 5.82 Å². The second-order valence-electron chi connectivity index (χ2n) is 5.06. The molecule has 1 aromatic carbocycles. The van der Waals surface area contributed by atoms with Gasteiger partial charge in [0.05, 0.1) is 6.10 Å². The van der Waals surface area contributed by atoms with Crippen molar-refractivity contribution in [3.05, 3.63) is 34.1 Å². The first kappa shape index (κ1) is 16.6. The molecule has 0 bridgehead atoms. The Morgan fingerprint density at radius 1 is 1.11 bits per heavy atom. The van der Waals surface area contributed by atoms with Crippen LogP contribution in [0.2, 0.25) is 0 Å². The molecule has 1 rings (SSSR count). The second kappa shape index (κ2) is 9.49. The Morgan fingerprint density at radius 2 is 1.74 bits per heavy atom. The first-order chi connectivity index (χ1) is 9.16. The monoisotopic (exact) mass is 330 g/mol. The molecule has 0 amide bonds. The summed E-state index contributed by atoms with van der Waals surface area (Å²) in [7, 11) is 0. The minimum Gasteiger partial charge on any atom is -0.388 e. The number of unbranched alkanes of at least 4 members (excludes halogenated alkanes) is 6. The maximum absolute atomic E-state index is 13.6. The van der Waals surface area contributed by atoms with Gasteiger partial charge >= 0.3 is 0 Å². The lowest BCUT2D eigenvalue weighted by atomic mass is 10.0. The van der Waals surface area contributed by atoms with Gasteiger partial charge in [0, 0.05) is 10.0 Å². The summed E-state index contributed by atoms with van der Waals surface area (Å²) in [6.07, 6.45) is 8.36. The largest absolute Gasteiger partial charge is 0.388 e. The van der Waals surface area contributed by atoms with Crippen LogP contribution in [0.1, 0.15) is 70.0 Å². The van der Waals surface area contributed by atoms with Gasteiger partial charge in [0.15, 0.2) is 0 Å². The van der Waals surface area contributed by atoms with E-state index in [2.05, 4.69) is 22.9 Å². The fourth-order valence-corrected chi connectivity index (χ4v) is 2.87. The number of hydrogen-bond acceptors (Lipinski definition) is 1. The topological polar surface area (TPSA) is 20.2 Å². The number of aliphatic hydroxyl groups is 1. The van der Waals surface area contributed by atoms with Gasteiger partial charge in [-0.1, -0.05) is 73.9 Å². The van der Waals surface area contributed by atoms with Crippen LogP contribution >= 0.6 is 15.9 Å². The van der Waals surface area contributed by atoms with E-state index < -0.39 is 6.10 Å². The molecule has 1 aromatic rings. The van der Waals surface area contributed by atoms with Crippen LogP contribution < -0.4 is 0 Å². The van der Waals surface area contributed by atoms with Crippen LogP contribution in [-0.4, -0.2) is 5.11 Å². The van der Waals surface area contributed by atoms with Gasteiger partial charge in [-0.2, -0.15) is 0 Å². The number of aliphatic hydroxyl groups excluding tert-OH is 1. The normalized spacial score (nSPS) is 12.6. The Balaban J connectivity index is 2.26. The molecule has 0 aliphatic carbocycles. The third kappa shape index (κ3) is 6.05. The molecule has 3 heteroatoms. The highest BCUT2D eigenvalue weighted by atomic mass is 79.9. The number of rotatable bonds is 9. The van der Waals surface area contributed by atoms with E-state index >= 15 is 0 Å². The molecule has 0 saturated heterocycles. The van der Waals surface area contributed by atoms with Gasteiger partial charge in [-0.25, -0.2) is 4.39 Å².